The van der Waals surface area contributed by atoms with Gasteiger partial charge in [0.05, 0.1) is 19.2 Å². The van der Waals surface area contributed by atoms with E-state index >= 15 is 0 Å². The van der Waals surface area contributed by atoms with Gasteiger partial charge in [0.2, 0.25) is 0 Å². The predicted octanol–water partition coefficient (Wildman–Crippen LogP) is 3.74. The molecule has 0 aliphatic carbocycles. The van der Waals surface area contributed by atoms with E-state index in [0.29, 0.717) is 36.3 Å². The molecule has 0 radical (unpaired) electrons. The lowest BCUT2D eigenvalue weighted by Crippen LogP contribution is -2.15. The number of halogens is 1. The summed E-state index contributed by atoms with van der Waals surface area (Å²) in [5, 5.41) is 3.86. The minimum Gasteiger partial charge on any atom is -0.493 e. The van der Waals surface area contributed by atoms with Gasteiger partial charge in [0.15, 0.2) is 23.0 Å². The van der Waals surface area contributed by atoms with Gasteiger partial charge in [-0.15, -0.1) is 0 Å². The van der Waals surface area contributed by atoms with Crippen LogP contribution in [0.4, 0.5) is 5.69 Å². The molecule has 0 bridgehead atoms. The van der Waals surface area contributed by atoms with Gasteiger partial charge >= 0.3 is 0 Å². The van der Waals surface area contributed by atoms with Crippen molar-refractivity contribution in [1.82, 2.24) is 0 Å². The molecular weight excluding hydrogens is 318 g/mol. The zero-order valence-corrected chi connectivity index (χ0v) is 13.8. The van der Waals surface area contributed by atoms with Crippen LogP contribution in [-0.4, -0.2) is 27.4 Å². The molecule has 2 aromatic rings. The van der Waals surface area contributed by atoms with Crippen molar-refractivity contribution in [3.63, 3.8) is 0 Å². The second kappa shape index (κ2) is 6.87. The molecule has 6 heteroatoms. The Morgan fingerprint density at radius 2 is 1.83 bits per heavy atom. The van der Waals surface area contributed by atoms with Crippen LogP contribution in [0.3, 0.4) is 0 Å². The van der Waals surface area contributed by atoms with Crippen molar-refractivity contribution in [2.24, 2.45) is 0 Å². The molecule has 2 aromatic carbocycles. The van der Waals surface area contributed by atoms with Gasteiger partial charge in [-0.3, -0.25) is 0 Å². The fourth-order valence-corrected chi connectivity index (χ4v) is 2.74. The Morgan fingerprint density at radius 3 is 2.57 bits per heavy atom. The summed E-state index contributed by atoms with van der Waals surface area (Å²) >= 11 is 6.22. The number of nitrogens with one attached hydrogen (secondary N) is 1. The van der Waals surface area contributed by atoms with E-state index in [1.54, 1.807) is 14.2 Å². The van der Waals surface area contributed by atoms with E-state index in [2.05, 4.69) is 5.32 Å². The zero-order valence-electron chi connectivity index (χ0n) is 13.0. The second-order valence-corrected chi connectivity index (χ2v) is 5.43. The van der Waals surface area contributed by atoms with E-state index in [1.807, 2.05) is 30.3 Å². The smallest absolute Gasteiger partial charge is 0.179 e. The maximum Gasteiger partial charge on any atom is 0.179 e. The Bertz CT molecular complexity index is 705. The summed E-state index contributed by atoms with van der Waals surface area (Å²) in [7, 11) is 3.16. The number of rotatable bonds is 5. The Morgan fingerprint density at radius 1 is 1.04 bits per heavy atom. The van der Waals surface area contributed by atoms with E-state index in [-0.39, 0.29) is 0 Å². The van der Waals surface area contributed by atoms with Gasteiger partial charge < -0.3 is 24.3 Å². The topological polar surface area (TPSA) is 49.0 Å². The largest absolute Gasteiger partial charge is 0.493 e. The van der Waals surface area contributed by atoms with E-state index in [1.165, 1.54) is 0 Å². The molecule has 0 saturated heterocycles. The molecule has 0 saturated carbocycles. The number of ether oxygens (including phenoxy) is 4. The molecule has 23 heavy (non-hydrogen) atoms. The Balaban J connectivity index is 1.74. The standard InChI is InChI=1S/C17H18ClNO4/c1-20-16-8-11(7-13(18)17(16)21-2)10-19-12-3-4-14-15(9-12)23-6-5-22-14/h3-4,7-9,19H,5-6,10H2,1-2H3. The van der Waals surface area contributed by atoms with Crippen molar-refractivity contribution in [2.75, 3.05) is 32.8 Å². The number of hydrogen-bond donors (Lipinski definition) is 1. The fraction of sp³-hybridized carbons (Fsp3) is 0.294. The van der Waals surface area contributed by atoms with Crippen molar-refractivity contribution in [2.45, 2.75) is 6.54 Å². The average Bonchev–Trinajstić information content (AvgIpc) is 2.59. The van der Waals surface area contributed by atoms with Gasteiger partial charge in [-0.2, -0.15) is 0 Å². The van der Waals surface area contributed by atoms with Crippen LogP contribution < -0.4 is 24.3 Å². The summed E-state index contributed by atoms with van der Waals surface area (Å²) < 4.78 is 21.6. The van der Waals surface area contributed by atoms with Crippen molar-refractivity contribution in [3.8, 4) is 23.0 Å². The number of benzene rings is 2. The first-order chi connectivity index (χ1) is 11.2. The van der Waals surface area contributed by atoms with Gasteiger partial charge in [0.1, 0.15) is 13.2 Å². The third kappa shape index (κ3) is 3.40. The molecule has 1 N–H and O–H groups in total. The highest BCUT2D eigenvalue weighted by atomic mass is 35.5. The third-order valence-electron chi connectivity index (χ3n) is 3.53. The van der Waals surface area contributed by atoms with Gasteiger partial charge in [0.25, 0.3) is 0 Å². The van der Waals surface area contributed by atoms with Crippen LogP contribution in [0, 0.1) is 0 Å². The minimum absolute atomic E-state index is 0.519. The molecule has 0 atom stereocenters. The molecule has 1 aliphatic rings. The highest BCUT2D eigenvalue weighted by Gasteiger charge is 2.13. The lowest BCUT2D eigenvalue weighted by Gasteiger charge is -2.19. The first kappa shape index (κ1) is 15.6. The lowest BCUT2D eigenvalue weighted by atomic mass is 10.2. The molecule has 0 fully saturated rings. The van der Waals surface area contributed by atoms with Gasteiger partial charge in [-0.25, -0.2) is 0 Å². The van der Waals surface area contributed by atoms with E-state index < -0.39 is 0 Å². The molecular formula is C17H18ClNO4. The van der Waals surface area contributed by atoms with Gasteiger partial charge in [0, 0.05) is 18.3 Å². The van der Waals surface area contributed by atoms with Crippen molar-refractivity contribution < 1.29 is 18.9 Å². The summed E-state index contributed by atoms with van der Waals surface area (Å²) in [5.41, 5.74) is 1.93. The van der Waals surface area contributed by atoms with Crippen LogP contribution in [0.2, 0.25) is 5.02 Å². The quantitative estimate of drug-likeness (QED) is 0.902. The fourth-order valence-electron chi connectivity index (χ4n) is 2.43. The van der Waals surface area contributed by atoms with Crippen LogP contribution in [0.15, 0.2) is 30.3 Å². The first-order valence-corrected chi connectivity index (χ1v) is 7.63. The van der Waals surface area contributed by atoms with Gasteiger partial charge in [-0.05, 0) is 29.8 Å². The molecule has 0 aromatic heterocycles. The summed E-state index contributed by atoms with van der Waals surface area (Å²) in [6.45, 7) is 1.76. The Labute approximate surface area is 140 Å². The first-order valence-electron chi connectivity index (χ1n) is 7.25. The van der Waals surface area contributed by atoms with Crippen LogP contribution in [0.1, 0.15) is 5.56 Å². The zero-order chi connectivity index (χ0) is 16.2. The minimum atomic E-state index is 0.519. The molecule has 5 nitrogen and oxygen atoms in total. The van der Waals surface area contributed by atoms with Crippen molar-refractivity contribution in [3.05, 3.63) is 40.9 Å². The Hall–Kier alpha value is -2.27. The maximum absolute atomic E-state index is 6.22. The molecule has 0 unspecified atom stereocenters. The normalized spacial score (nSPS) is 12.7. The monoisotopic (exact) mass is 335 g/mol. The summed E-state index contributed by atoms with van der Waals surface area (Å²) in [6.07, 6.45) is 0. The summed E-state index contributed by atoms with van der Waals surface area (Å²) in [4.78, 5) is 0. The SMILES string of the molecule is COc1cc(CNc2ccc3c(c2)OCCO3)cc(Cl)c1OC. The molecule has 122 valence electrons. The van der Waals surface area contributed by atoms with Crippen LogP contribution >= 0.6 is 11.6 Å². The number of hydrogen-bond acceptors (Lipinski definition) is 5. The predicted molar refractivity (Wildman–Crippen MR) is 89.3 cm³/mol. The molecule has 1 aliphatic heterocycles. The molecule has 0 spiro atoms. The van der Waals surface area contributed by atoms with E-state index in [9.17, 15) is 0 Å². The maximum atomic E-state index is 6.22. The summed E-state index contributed by atoms with van der Waals surface area (Å²) in [6, 6.07) is 9.54. The number of anilines is 1. The highest BCUT2D eigenvalue weighted by molar-refractivity contribution is 6.32. The van der Waals surface area contributed by atoms with E-state index in [0.717, 1.165) is 22.7 Å². The molecule has 1 heterocycles. The van der Waals surface area contributed by atoms with Crippen LogP contribution in [0.5, 0.6) is 23.0 Å². The third-order valence-corrected chi connectivity index (χ3v) is 3.81. The van der Waals surface area contributed by atoms with Crippen molar-refractivity contribution in [1.29, 1.82) is 0 Å². The van der Waals surface area contributed by atoms with Crippen LogP contribution in [0.25, 0.3) is 0 Å². The molecule has 0 amide bonds. The second-order valence-electron chi connectivity index (χ2n) is 5.03. The average molecular weight is 336 g/mol. The summed E-state index contributed by atoms with van der Waals surface area (Å²) in [5.74, 6) is 2.68. The lowest BCUT2D eigenvalue weighted by molar-refractivity contribution is 0.171. The number of fused-ring (bicyclic) bond motifs is 1. The van der Waals surface area contributed by atoms with Gasteiger partial charge in [-0.1, -0.05) is 11.6 Å². The van der Waals surface area contributed by atoms with Crippen molar-refractivity contribution >= 4 is 17.3 Å². The molecule has 3 rings (SSSR count). The Kier molecular flexibility index (Phi) is 4.67. The number of methoxy groups -OCH3 is 2. The van der Waals surface area contributed by atoms with Crippen LogP contribution in [-0.2, 0) is 6.54 Å². The highest BCUT2D eigenvalue weighted by Crippen LogP contribution is 2.36. The van der Waals surface area contributed by atoms with E-state index in [4.69, 9.17) is 30.5 Å².